The highest BCUT2D eigenvalue weighted by Gasteiger charge is 2.29. The first-order chi connectivity index (χ1) is 8.10. The Kier molecular flexibility index (Phi) is 5.89. The van der Waals surface area contributed by atoms with Crippen molar-refractivity contribution in [1.29, 1.82) is 0 Å². The molecule has 0 aromatic carbocycles. The van der Waals surface area contributed by atoms with Crippen LogP contribution in [0.15, 0.2) is 0 Å². The lowest BCUT2D eigenvalue weighted by Gasteiger charge is -2.34. The van der Waals surface area contributed by atoms with Crippen LogP contribution in [0.25, 0.3) is 0 Å². The fourth-order valence-electron chi connectivity index (χ4n) is 2.49. The summed E-state index contributed by atoms with van der Waals surface area (Å²) in [5.41, 5.74) is 5.68. The molecule has 1 saturated heterocycles. The monoisotopic (exact) mass is 256 g/mol. The van der Waals surface area contributed by atoms with Gasteiger partial charge in [-0.3, -0.25) is 4.79 Å². The van der Waals surface area contributed by atoms with E-state index in [1.807, 2.05) is 4.90 Å². The zero-order valence-corrected chi connectivity index (χ0v) is 11.8. The fourth-order valence-corrected chi connectivity index (χ4v) is 2.71. The Morgan fingerprint density at radius 2 is 2.24 bits per heavy atom. The zero-order chi connectivity index (χ0) is 12.8. The summed E-state index contributed by atoms with van der Waals surface area (Å²) in [6.07, 6.45) is 5.22. The van der Waals surface area contributed by atoms with Crippen molar-refractivity contribution in [2.24, 2.45) is 17.6 Å². The Balaban J connectivity index is 2.63. The maximum absolute atomic E-state index is 12.3. The van der Waals surface area contributed by atoms with Crippen molar-refractivity contribution in [3.05, 3.63) is 0 Å². The number of carbonyl (C=O) groups is 1. The highest BCUT2D eigenvalue weighted by Crippen LogP contribution is 2.22. The molecule has 1 aliphatic rings. The number of rotatable bonds is 5. The number of hydrogen-bond acceptors (Lipinski definition) is 2. The second-order valence-corrected chi connectivity index (χ2v) is 5.42. The molecule has 1 fully saturated rings. The topological polar surface area (TPSA) is 46.3 Å². The van der Waals surface area contributed by atoms with Crippen molar-refractivity contribution in [3.63, 3.8) is 0 Å². The fraction of sp³-hybridized carbons (Fsp3) is 0.846. The van der Waals surface area contributed by atoms with Gasteiger partial charge in [0.15, 0.2) is 0 Å². The molecule has 98 valence electrons. The molecular weight excluding hydrogens is 232 g/mol. The van der Waals surface area contributed by atoms with Crippen molar-refractivity contribution < 1.29 is 4.79 Å². The normalized spacial score (nSPS) is 22.2. The molecule has 2 N–H and O–H groups in total. The summed E-state index contributed by atoms with van der Waals surface area (Å²) in [6, 6.07) is 0. The van der Waals surface area contributed by atoms with Crippen LogP contribution < -0.4 is 5.73 Å². The molecule has 4 heteroatoms. The van der Waals surface area contributed by atoms with Crippen molar-refractivity contribution >= 4 is 23.1 Å². The summed E-state index contributed by atoms with van der Waals surface area (Å²) in [5.74, 6) is 0.560. The van der Waals surface area contributed by atoms with E-state index in [4.69, 9.17) is 18.0 Å². The number of nitrogens with zero attached hydrogens (tertiary/aromatic N) is 1. The van der Waals surface area contributed by atoms with Gasteiger partial charge in [0.05, 0.1) is 10.9 Å². The second kappa shape index (κ2) is 6.94. The molecular formula is C13H24N2OS. The number of hydrogen-bond donors (Lipinski definition) is 1. The van der Waals surface area contributed by atoms with Crippen LogP contribution in [0.5, 0.6) is 0 Å². The molecule has 0 radical (unpaired) electrons. The molecule has 1 rings (SSSR count). The number of likely N-dealkylation sites (tertiary alicyclic amines) is 1. The second-order valence-electron chi connectivity index (χ2n) is 4.94. The molecule has 0 bridgehead atoms. The predicted molar refractivity (Wildman–Crippen MR) is 74.8 cm³/mol. The largest absolute Gasteiger partial charge is 0.393 e. The summed E-state index contributed by atoms with van der Waals surface area (Å²) in [6.45, 7) is 6.01. The predicted octanol–water partition coefficient (Wildman–Crippen LogP) is 2.34. The maximum Gasteiger partial charge on any atom is 0.232 e. The first-order valence-corrected chi connectivity index (χ1v) is 7.09. The molecule has 1 heterocycles. The van der Waals surface area contributed by atoms with Gasteiger partial charge in [-0.25, -0.2) is 0 Å². The molecule has 2 atom stereocenters. The van der Waals surface area contributed by atoms with Crippen molar-refractivity contribution in [3.8, 4) is 0 Å². The molecule has 17 heavy (non-hydrogen) atoms. The maximum atomic E-state index is 12.3. The van der Waals surface area contributed by atoms with E-state index in [2.05, 4.69) is 13.8 Å². The standard InChI is InChI=1S/C13H24N2OS/c1-3-6-11(12(14)17)13(16)15-8-5-7-10(4-2)9-15/h10-11H,3-9H2,1-2H3,(H2,14,17). The van der Waals surface area contributed by atoms with Gasteiger partial charge in [-0.2, -0.15) is 0 Å². The molecule has 0 saturated carbocycles. The van der Waals surface area contributed by atoms with E-state index in [1.165, 1.54) is 6.42 Å². The SMILES string of the molecule is CCCC(C(=O)N1CCCC(CC)C1)C(N)=S. The molecule has 1 amide bonds. The van der Waals surface area contributed by atoms with Gasteiger partial charge in [0, 0.05) is 13.1 Å². The number of carbonyl (C=O) groups excluding carboxylic acids is 1. The third-order valence-corrected chi connectivity index (χ3v) is 3.91. The summed E-state index contributed by atoms with van der Waals surface area (Å²) < 4.78 is 0. The molecule has 0 aromatic heterocycles. The Hall–Kier alpha value is -0.640. The summed E-state index contributed by atoms with van der Waals surface area (Å²) in [4.78, 5) is 14.7. The molecule has 3 nitrogen and oxygen atoms in total. The van der Waals surface area contributed by atoms with Gasteiger partial charge < -0.3 is 10.6 Å². The lowest BCUT2D eigenvalue weighted by Crippen LogP contribution is -2.45. The molecule has 0 spiro atoms. The van der Waals surface area contributed by atoms with Crippen LogP contribution >= 0.6 is 12.2 Å². The molecule has 1 aliphatic heterocycles. The van der Waals surface area contributed by atoms with Gasteiger partial charge in [0.25, 0.3) is 0 Å². The summed E-state index contributed by atoms with van der Waals surface area (Å²) >= 11 is 5.02. The Morgan fingerprint density at radius 3 is 2.76 bits per heavy atom. The van der Waals surface area contributed by atoms with Gasteiger partial charge in [-0.1, -0.05) is 38.9 Å². The number of nitrogens with two attached hydrogens (primary N) is 1. The zero-order valence-electron chi connectivity index (χ0n) is 10.9. The van der Waals surface area contributed by atoms with Crippen molar-refractivity contribution in [1.82, 2.24) is 4.90 Å². The third kappa shape index (κ3) is 3.95. The van der Waals surface area contributed by atoms with Crippen LogP contribution in [0, 0.1) is 11.8 Å². The molecule has 0 aliphatic carbocycles. The van der Waals surface area contributed by atoms with Crippen LogP contribution in [-0.2, 0) is 4.79 Å². The van der Waals surface area contributed by atoms with Crippen LogP contribution in [0.4, 0.5) is 0 Å². The smallest absolute Gasteiger partial charge is 0.232 e. The number of amides is 1. The summed E-state index contributed by atoms with van der Waals surface area (Å²) in [7, 11) is 0. The lowest BCUT2D eigenvalue weighted by molar-refractivity contribution is -0.135. The van der Waals surface area contributed by atoms with Crippen molar-refractivity contribution in [2.45, 2.75) is 46.0 Å². The lowest BCUT2D eigenvalue weighted by atomic mass is 9.93. The first kappa shape index (κ1) is 14.4. The minimum absolute atomic E-state index is 0.150. The van der Waals surface area contributed by atoms with Crippen LogP contribution in [-0.4, -0.2) is 28.9 Å². The highest BCUT2D eigenvalue weighted by atomic mass is 32.1. The number of piperidine rings is 1. The Morgan fingerprint density at radius 1 is 1.53 bits per heavy atom. The third-order valence-electron chi connectivity index (χ3n) is 3.63. The van der Waals surface area contributed by atoms with E-state index in [0.29, 0.717) is 10.9 Å². The van der Waals surface area contributed by atoms with E-state index >= 15 is 0 Å². The summed E-state index contributed by atoms with van der Waals surface area (Å²) in [5, 5.41) is 0. The van der Waals surface area contributed by atoms with E-state index in [9.17, 15) is 4.79 Å². The van der Waals surface area contributed by atoms with Crippen LogP contribution in [0.3, 0.4) is 0 Å². The van der Waals surface area contributed by atoms with Crippen molar-refractivity contribution in [2.75, 3.05) is 13.1 Å². The Labute approximate surface area is 110 Å². The van der Waals surface area contributed by atoms with Gasteiger partial charge in [-0.05, 0) is 25.2 Å². The molecule has 0 aromatic rings. The van der Waals surface area contributed by atoms with Crippen LogP contribution in [0.2, 0.25) is 0 Å². The van der Waals surface area contributed by atoms with Gasteiger partial charge in [0.2, 0.25) is 5.91 Å². The van der Waals surface area contributed by atoms with Gasteiger partial charge in [0.1, 0.15) is 0 Å². The van der Waals surface area contributed by atoms with Gasteiger partial charge >= 0.3 is 0 Å². The minimum atomic E-state index is -0.245. The average Bonchev–Trinajstić information content (AvgIpc) is 2.34. The quantitative estimate of drug-likeness (QED) is 0.768. The van der Waals surface area contributed by atoms with E-state index in [-0.39, 0.29) is 11.8 Å². The van der Waals surface area contributed by atoms with Crippen LogP contribution in [0.1, 0.15) is 46.0 Å². The van der Waals surface area contributed by atoms with Gasteiger partial charge in [-0.15, -0.1) is 0 Å². The minimum Gasteiger partial charge on any atom is -0.393 e. The highest BCUT2D eigenvalue weighted by molar-refractivity contribution is 7.80. The average molecular weight is 256 g/mol. The molecule has 2 unspecified atom stereocenters. The van der Waals surface area contributed by atoms with E-state index in [1.54, 1.807) is 0 Å². The Bertz CT molecular complexity index is 281. The number of thiocarbonyl (C=S) groups is 1. The van der Waals surface area contributed by atoms with E-state index < -0.39 is 0 Å². The van der Waals surface area contributed by atoms with E-state index in [0.717, 1.165) is 38.8 Å². The first-order valence-electron chi connectivity index (χ1n) is 6.68.